The predicted molar refractivity (Wildman–Crippen MR) is 79.8 cm³/mol. The lowest BCUT2D eigenvalue weighted by Gasteiger charge is -2.10. The van der Waals surface area contributed by atoms with E-state index in [2.05, 4.69) is 43.2 Å². The van der Waals surface area contributed by atoms with E-state index in [1.807, 2.05) is 12.3 Å². The number of likely N-dealkylation sites (N-methyl/N-ethyl adjacent to an activating group) is 1. The van der Waals surface area contributed by atoms with Gasteiger partial charge in [0.25, 0.3) is 0 Å². The maximum Gasteiger partial charge on any atom is 0.131 e. The number of anilines is 1. The predicted octanol–water partition coefficient (Wildman–Crippen LogP) is 1.92. The molecule has 1 aliphatic heterocycles. The molecule has 6 heteroatoms. The summed E-state index contributed by atoms with van der Waals surface area (Å²) in [5.74, 6) is 1.07. The molecule has 104 valence electrons. The Labute approximate surface area is 121 Å². The molecule has 3 aromatic heterocycles. The number of hydrogen-bond donors (Lipinski definition) is 1. The first-order chi connectivity index (χ1) is 10.3. The maximum absolute atomic E-state index is 4.58. The first kappa shape index (κ1) is 12.0. The standard InChI is InChI=1S/C15H14N6/c1-21-5-3-10-6-11(7-17-15(10)21)14-12(8-19-20-14)13-2-4-16-9-18-13/h2,4,6-9H,3,5H2,1H3,(H,19,20). The van der Waals surface area contributed by atoms with Crippen LogP contribution in [0.15, 0.2) is 37.1 Å². The highest BCUT2D eigenvalue weighted by Gasteiger charge is 2.19. The minimum absolute atomic E-state index is 0.853. The lowest BCUT2D eigenvalue weighted by Crippen LogP contribution is -2.13. The Morgan fingerprint density at radius 2 is 2.19 bits per heavy atom. The Bertz CT molecular complexity index is 780. The Morgan fingerprint density at radius 1 is 1.24 bits per heavy atom. The van der Waals surface area contributed by atoms with Crippen molar-refractivity contribution >= 4 is 5.82 Å². The molecule has 1 aliphatic rings. The minimum atomic E-state index is 0.853. The van der Waals surface area contributed by atoms with Gasteiger partial charge in [0, 0.05) is 37.1 Å². The van der Waals surface area contributed by atoms with E-state index < -0.39 is 0 Å². The van der Waals surface area contributed by atoms with Crippen LogP contribution in [0, 0.1) is 0 Å². The third-order valence-corrected chi connectivity index (χ3v) is 3.81. The molecule has 0 spiro atoms. The van der Waals surface area contributed by atoms with Gasteiger partial charge in [0.15, 0.2) is 0 Å². The molecular weight excluding hydrogens is 264 g/mol. The van der Waals surface area contributed by atoms with Crippen LogP contribution < -0.4 is 4.90 Å². The lowest BCUT2D eigenvalue weighted by molar-refractivity contribution is 0.945. The quantitative estimate of drug-likeness (QED) is 0.775. The van der Waals surface area contributed by atoms with Crippen molar-refractivity contribution in [1.82, 2.24) is 25.1 Å². The topological polar surface area (TPSA) is 70.6 Å². The number of H-pyrrole nitrogens is 1. The van der Waals surface area contributed by atoms with Crippen molar-refractivity contribution in [2.24, 2.45) is 0 Å². The normalized spacial score (nSPS) is 13.5. The number of hydrogen-bond acceptors (Lipinski definition) is 5. The number of nitrogens with zero attached hydrogens (tertiary/aromatic N) is 5. The molecule has 0 unspecified atom stereocenters. The fourth-order valence-electron chi connectivity index (χ4n) is 2.71. The summed E-state index contributed by atoms with van der Waals surface area (Å²) in [6.45, 7) is 1.02. The molecule has 21 heavy (non-hydrogen) atoms. The van der Waals surface area contributed by atoms with Crippen LogP contribution in [0.1, 0.15) is 5.56 Å². The van der Waals surface area contributed by atoms with Gasteiger partial charge < -0.3 is 4.90 Å². The van der Waals surface area contributed by atoms with Gasteiger partial charge in [-0.2, -0.15) is 5.10 Å². The zero-order valence-corrected chi connectivity index (χ0v) is 11.6. The highest BCUT2D eigenvalue weighted by Crippen LogP contribution is 2.32. The van der Waals surface area contributed by atoms with Gasteiger partial charge >= 0.3 is 0 Å². The van der Waals surface area contributed by atoms with Crippen molar-refractivity contribution in [2.75, 3.05) is 18.5 Å². The number of fused-ring (bicyclic) bond motifs is 1. The Balaban J connectivity index is 1.81. The first-order valence-electron chi connectivity index (χ1n) is 6.83. The number of rotatable bonds is 2. The second-order valence-electron chi connectivity index (χ2n) is 5.13. The van der Waals surface area contributed by atoms with Gasteiger partial charge in [-0.3, -0.25) is 5.10 Å². The van der Waals surface area contributed by atoms with E-state index in [4.69, 9.17) is 0 Å². The fourth-order valence-corrected chi connectivity index (χ4v) is 2.71. The molecule has 4 heterocycles. The van der Waals surface area contributed by atoms with Gasteiger partial charge in [-0.15, -0.1) is 0 Å². The van der Waals surface area contributed by atoms with Crippen molar-refractivity contribution in [2.45, 2.75) is 6.42 Å². The third-order valence-electron chi connectivity index (χ3n) is 3.81. The molecule has 0 aliphatic carbocycles. The van der Waals surface area contributed by atoms with E-state index in [0.29, 0.717) is 0 Å². The summed E-state index contributed by atoms with van der Waals surface area (Å²) in [6, 6.07) is 4.06. The van der Waals surface area contributed by atoms with E-state index >= 15 is 0 Å². The van der Waals surface area contributed by atoms with E-state index in [1.165, 1.54) is 5.56 Å². The highest BCUT2D eigenvalue weighted by molar-refractivity contribution is 5.79. The Morgan fingerprint density at radius 3 is 3.05 bits per heavy atom. The molecule has 6 nitrogen and oxygen atoms in total. The largest absolute Gasteiger partial charge is 0.359 e. The Hall–Kier alpha value is -2.76. The van der Waals surface area contributed by atoms with Gasteiger partial charge in [-0.25, -0.2) is 15.0 Å². The molecule has 0 amide bonds. The molecule has 0 saturated carbocycles. The summed E-state index contributed by atoms with van der Waals surface area (Å²) in [4.78, 5) is 15.0. The smallest absolute Gasteiger partial charge is 0.131 e. The zero-order valence-electron chi connectivity index (χ0n) is 11.6. The van der Waals surface area contributed by atoms with Gasteiger partial charge in [-0.1, -0.05) is 0 Å². The highest BCUT2D eigenvalue weighted by atomic mass is 15.2. The van der Waals surface area contributed by atoms with Crippen LogP contribution in [-0.2, 0) is 6.42 Å². The van der Waals surface area contributed by atoms with E-state index in [0.717, 1.165) is 41.3 Å². The SMILES string of the molecule is CN1CCc2cc(-c3[nH]ncc3-c3ccncn3)cnc21. The van der Waals surface area contributed by atoms with Crippen LogP contribution in [0.2, 0.25) is 0 Å². The van der Waals surface area contributed by atoms with Crippen LogP contribution >= 0.6 is 0 Å². The number of aromatic amines is 1. The average Bonchev–Trinajstić information content (AvgIpc) is 3.15. The second-order valence-corrected chi connectivity index (χ2v) is 5.13. The van der Waals surface area contributed by atoms with E-state index in [-0.39, 0.29) is 0 Å². The number of nitrogens with one attached hydrogen (secondary N) is 1. The van der Waals surface area contributed by atoms with Crippen LogP contribution in [0.4, 0.5) is 5.82 Å². The van der Waals surface area contributed by atoms with Crippen LogP contribution in [0.3, 0.4) is 0 Å². The molecule has 0 radical (unpaired) electrons. The van der Waals surface area contributed by atoms with Crippen molar-refractivity contribution in [1.29, 1.82) is 0 Å². The summed E-state index contributed by atoms with van der Waals surface area (Å²) in [6.07, 6.45) is 7.98. The minimum Gasteiger partial charge on any atom is -0.359 e. The summed E-state index contributed by atoms with van der Waals surface area (Å²) < 4.78 is 0. The molecule has 0 saturated heterocycles. The molecule has 3 aromatic rings. The molecule has 1 N–H and O–H groups in total. The summed E-state index contributed by atoms with van der Waals surface area (Å²) in [5.41, 5.74) is 5.07. The van der Waals surface area contributed by atoms with Crippen LogP contribution in [-0.4, -0.2) is 38.7 Å². The summed E-state index contributed by atoms with van der Waals surface area (Å²) in [7, 11) is 2.07. The Kier molecular flexibility index (Phi) is 2.67. The maximum atomic E-state index is 4.58. The van der Waals surface area contributed by atoms with Crippen molar-refractivity contribution in [3.8, 4) is 22.5 Å². The van der Waals surface area contributed by atoms with E-state index in [9.17, 15) is 0 Å². The van der Waals surface area contributed by atoms with E-state index in [1.54, 1.807) is 18.7 Å². The third kappa shape index (κ3) is 1.96. The van der Waals surface area contributed by atoms with Crippen LogP contribution in [0.25, 0.3) is 22.5 Å². The molecule has 0 bridgehead atoms. The summed E-state index contributed by atoms with van der Waals surface area (Å²) in [5, 5.41) is 7.22. The van der Waals surface area contributed by atoms with Gasteiger partial charge in [0.2, 0.25) is 0 Å². The number of aromatic nitrogens is 5. The molecule has 0 fully saturated rings. The van der Waals surface area contributed by atoms with Crippen molar-refractivity contribution < 1.29 is 0 Å². The molecule has 4 rings (SSSR count). The molecular formula is C15H14N6. The number of pyridine rings is 1. The first-order valence-corrected chi connectivity index (χ1v) is 6.83. The van der Waals surface area contributed by atoms with Crippen LogP contribution in [0.5, 0.6) is 0 Å². The molecule has 0 aromatic carbocycles. The fraction of sp³-hybridized carbons (Fsp3) is 0.200. The van der Waals surface area contributed by atoms with Gasteiger partial charge in [-0.05, 0) is 24.1 Å². The summed E-state index contributed by atoms with van der Waals surface area (Å²) >= 11 is 0. The monoisotopic (exact) mass is 278 g/mol. The lowest BCUT2D eigenvalue weighted by atomic mass is 10.1. The molecule has 0 atom stereocenters. The average molecular weight is 278 g/mol. The van der Waals surface area contributed by atoms with Crippen molar-refractivity contribution in [3.05, 3.63) is 42.6 Å². The zero-order chi connectivity index (χ0) is 14.2. The van der Waals surface area contributed by atoms with Gasteiger partial charge in [0.05, 0.1) is 17.6 Å². The second kappa shape index (κ2) is 4.66. The van der Waals surface area contributed by atoms with Crippen molar-refractivity contribution in [3.63, 3.8) is 0 Å². The van der Waals surface area contributed by atoms with Gasteiger partial charge in [0.1, 0.15) is 12.1 Å².